The van der Waals surface area contributed by atoms with Crippen molar-refractivity contribution in [2.45, 2.75) is 13.0 Å². The number of aryl methyl sites for hydroxylation is 1. The van der Waals surface area contributed by atoms with E-state index in [0.717, 1.165) is 22.8 Å². The maximum Gasteiger partial charge on any atom is 0.156 e. The molecule has 0 aromatic carbocycles. The first-order chi connectivity index (χ1) is 8.09. The van der Waals surface area contributed by atoms with Crippen molar-refractivity contribution in [3.05, 3.63) is 17.2 Å². The maximum absolute atomic E-state index is 6.13. The van der Waals surface area contributed by atoms with Gasteiger partial charge in [0.15, 0.2) is 5.15 Å². The normalized spacial score (nSPS) is 17.9. The van der Waals surface area contributed by atoms with Crippen molar-refractivity contribution < 1.29 is 0 Å². The van der Waals surface area contributed by atoms with Gasteiger partial charge in [-0.25, -0.2) is 9.97 Å². The lowest BCUT2D eigenvalue weighted by Gasteiger charge is -2.31. The van der Waals surface area contributed by atoms with Crippen LogP contribution >= 0.6 is 11.6 Å². The average molecular weight is 251 g/mol. The SMILES string of the molecule is CC1c2nn(C)nc2-c2ncnc(Cl)c2N1C. The predicted octanol–water partition coefficient (Wildman–Crippen LogP) is 1.44. The number of fused-ring (bicyclic) bond motifs is 3. The van der Waals surface area contributed by atoms with Crippen molar-refractivity contribution in [2.75, 3.05) is 11.9 Å². The Morgan fingerprint density at radius 1 is 1.18 bits per heavy atom. The molecule has 17 heavy (non-hydrogen) atoms. The summed E-state index contributed by atoms with van der Waals surface area (Å²) in [6, 6.07) is 0.106. The monoisotopic (exact) mass is 250 g/mol. The van der Waals surface area contributed by atoms with Crippen LogP contribution in [0.15, 0.2) is 6.33 Å². The van der Waals surface area contributed by atoms with Gasteiger partial charge in [0, 0.05) is 14.1 Å². The number of aromatic nitrogens is 5. The van der Waals surface area contributed by atoms with Crippen LogP contribution in [-0.4, -0.2) is 32.0 Å². The van der Waals surface area contributed by atoms with Crippen molar-refractivity contribution in [3.8, 4) is 11.4 Å². The number of anilines is 1. The minimum atomic E-state index is 0.106. The highest BCUT2D eigenvalue weighted by atomic mass is 35.5. The summed E-state index contributed by atoms with van der Waals surface area (Å²) in [5, 5.41) is 9.17. The Morgan fingerprint density at radius 3 is 2.71 bits per heavy atom. The molecular formula is C10H11ClN6. The number of nitrogens with zero attached hydrogens (tertiary/aromatic N) is 6. The number of hydrogen-bond donors (Lipinski definition) is 0. The Morgan fingerprint density at radius 2 is 1.94 bits per heavy atom. The fourth-order valence-electron chi connectivity index (χ4n) is 2.09. The molecule has 0 spiro atoms. The molecule has 0 saturated heterocycles. The van der Waals surface area contributed by atoms with E-state index in [-0.39, 0.29) is 6.04 Å². The van der Waals surface area contributed by atoms with E-state index in [9.17, 15) is 0 Å². The number of halogens is 1. The van der Waals surface area contributed by atoms with E-state index < -0.39 is 0 Å². The molecule has 3 rings (SSSR count). The fourth-order valence-corrected chi connectivity index (χ4v) is 2.36. The standard InChI is InChI=1S/C10H11ClN6/c1-5-6-7(15-17(3)14-6)8-9(16(5)2)10(11)13-4-12-8/h4-5H,1-3H3. The van der Waals surface area contributed by atoms with E-state index >= 15 is 0 Å². The minimum absolute atomic E-state index is 0.106. The summed E-state index contributed by atoms with van der Waals surface area (Å²) in [6.07, 6.45) is 1.45. The van der Waals surface area contributed by atoms with Gasteiger partial charge in [0.2, 0.25) is 0 Å². The van der Waals surface area contributed by atoms with Crippen LogP contribution in [0.4, 0.5) is 5.69 Å². The average Bonchev–Trinajstić information content (AvgIpc) is 2.68. The van der Waals surface area contributed by atoms with Gasteiger partial charge in [0.05, 0.1) is 6.04 Å². The molecule has 0 radical (unpaired) electrons. The first kappa shape index (κ1) is 10.5. The fraction of sp³-hybridized carbons (Fsp3) is 0.400. The molecule has 0 fully saturated rings. The van der Waals surface area contributed by atoms with Gasteiger partial charge in [-0.05, 0) is 6.92 Å². The van der Waals surface area contributed by atoms with Crippen LogP contribution in [-0.2, 0) is 7.05 Å². The van der Waals surface area contributed by atoms with Crippen molar-refractivity contribution >= 4 is 17.3 Å². The van der Waals surface area contributed by atoms with E-state index in [2.05, 4.69) is 27.1 Å². The van der Waals surface area contributed by atoms with Crippen LogP contribution < -0.4 is 4.90 Å². The molecule has 1 atom stereocenters. The van der Waals surface area contributed by atoms with E-state index in [1.54, 1.807) is 11.8 Å². The third-order valence-electron chi connectivity index (χ3n) is 3.07. The van der Waals surface area contributed by atoms with E-state index in [4.69, 9.17) is 11.6 Å². The highest BCUT2D eigenvalue weighted by Crippen LogP contribution is 2.43. The first-order valence-corrected chi connectivity index (χ1v) is 5.62. The molecule has 2 aromatic heterocycles. The Kier molecular flexibility index (Phi) is 2.09. The first-order valence-electron chi connectivity index (χ1n) is 5.24. The van der Waals surface area contributed by atoms with Crippen molar-refractivity contribution in [2.24, 2.45) is 7.05 Å². The van der Waals surface area contributed by atoms with Gasteiger partial charge in [-0.2, -0.15) is 15.0 Å². The van der Waals surface area contributed by atoms with Crippen LogP contribution in [0.3, 0.4) is 0 Å². The molecule has 7 heteroatoms. The van der Waals surface area contributed by atoms with E-state index in [1.165, 1.54) is 6.33 Å². The third kappa shape index (κ3) is 1.33. The second-order valence-corrected chi connectivity index (χ2v) is 4.43. The molecule has 3 heterocycles. The van der Waals surface area contributed by atoms with Crippen LogP contribution in [0, 0.1) is 0 Å². The Bertz CT molecular complexity index is 592. The van der Waals surface area contributed by atoms with Crippen LogP contribution in [0.5, 0.6) is 0 Å². The summed E-state index contributed by atoms with van der Waals surface area (Å²) in [4.78, 5) is 11.9. The zero-order valence-electron chi connectivity index (χ0n) is 9.72. The summed E-state index contributed by atoms with van der Waals surface area (Å²) in [7, 11) is 3.75. The highest BCUT2D eigenvalue weighted by molar-refractivity contribution is 6.32. The van der Waals surface area contributed by atoms with Crippen LogP contribution in [0.25, 0.3) is 11.4 Å². The molecular weight excluding hydrogens is 240 g/mol. The molecule has 0 amide bonds. The Hall–Kier alpha value is -1.69. The lowest BCUT2D eigenvalue weighted by molar-refractivity contribution is 0.625. The molecule has 6 nitrogen and oxygen atoms in total. The molecule has 0 saturated carbocycles. The second kappa shape index (κ2) is 3.40. The molecule has 1 unspecified atom stereocenters. The van der Waals surface area contributed by atoms with E-state index in [0.29, 0.717) is 5.15 Å². The summed E-state index contributed by atoms with van der Waals surface area (Å²) >= 11 is 6.13. The molecule has 1 aliphatic heterocycles. The number of rotatable bonds is 0. The topological polar surface area (TPSA) is 59.7 Å². The van der Waals surface area contributed by atoms with Gasteiger partial charge >= 0.3 is 0 Å². The molecule has 0 aliphatic carbocycles. The van der Waals surface area contributed by atoms with Gasteiger partial charge in [0.1, 0.15) is 29.1 Å². The summed E-state index contributed by atoms with van der Waals surface area (Å²) < 4.78 is 0. The zero-order valence-corrected chi connectivity index (χ0v) is 10.5. The largest absolute Gasteiger partial charge is 0.362 e. The maximum atomic E-state index is 6.13. The summed E-state index contributed by atoms with van der Waals surface area (Å²) in [5.74, 6) is 0. The molecule has 0 bridgehead atoms. The van der Waals surface area contributed by atoms with Gasteiger partial charge in [-0.1, -0.05) is 11.6 Å². The zero-order chi connectivity index (χ0) is 12.2. The lowest BCUT2D eigenvalue weighted by Crippen LogP contribution is -2.27. The van der Waals surface area contributed by atoms with Gasteiger partial charge in [-0.3, -0.25) is 0 Å². The van der Waals surface area contributed by atoms with Crippen LogP contribution in [0.2, 0.25) is 5.15 Å². The summed E-state index contributed by atoms with van der Waals surface area (Å²) in [5.41, 5.74) is 3.26. The van der Waals surface area contributed by atoms with Crippen molar-refractivity contribution in [1.82, 2.24) is 25.0 Å². The molecule has 1 aliphatic rings. The Labute approximate surface area is 103 Å². The molecule has 88 valence electrons. The smallest absolute Gasteiger partial charge is 0.156 e. The predicted molar refractivity (Wildman–Crippen MR) is 63.9 cm³/mol. The van der Waals surface area contributed by atoms with Gasteiger partial charge < -0.3 is 4.90 Å². The second-order valence-electron chi connectivity index (χ2n) is 4.07. The van der Waals surface area contributed by atoms with E-state index in [1.807, 2.05) is 11.9 Å². The Balaban J connectivity index is 2.35. The molecule has 0 N–H and O–H groups in total. The quantitative estimate of drug-likeness (QED) is 0.662. The minimum Gasteiger partial charge on any atom is -0.362 e. The lowest BCUT2D eigenvalue weighted by atomic mass is 10.0. The van der Waals surface area contributed by atoms with Crippen molar-refractivity contribution in [1.29, 1.82) is 0 Å². The number of hydrogen-bond acceptors (Lipinski definition) is 5. The molecule has 2 aromatic rings. The highest BCUT2D eigenvalue weighted by Gasteiger charge is 2.33. The van der Waals surface area contributed by atoms with Crippen molar-refractivity contribution in [3.63, 3.8) is 0 Å². The van der Waals surface area contributed by atoms with Gasteiger partial charge in [-0.15, -0.1) is 0 Å². The third-order valence-corrected chi connectivity index (χ3v) is 3.35. The summed E-state index contributed by atoms with van der Waals surface area (Å²) in [6.45, 7) is 2.06. The van der Waals surface area contributed by atoms with Crippen LogP contribution in [0.1, 0.15) is 18.7 Å². The van der Waals surface area contributed by atoms with Gasteiger partial charge in [0.25, 0.3) is 0 Å².